The molecular formula is C13H15FN2O4. The van der Waals surface area contributed by atoms with E-state index in [0.717, 1.165) is 6.07 Å². The van der Waals surface area contributed by atoms with E-state index in [1.165, 1.54) is 12.1 Å². The van der Waals surface area contributed by atoms with E-state index in [4.69, 9.17) is 5.11 Å². The summed E-state index contributed by atoms with van der Waals surface area (Å²) in [6, 6.07) is 3.38. The second kappa shape index (κ2) is 5.85. The summed E-state index contributed by atoms with van der Waals surface area (Å²) in [6.45, 7) is 0. The summed E-state index contributed by atoms with van der Waals surface area (Å²) in [5, 5.41) is 22.6. The number of hydrogen-bond acceptors (Lipinski definition) is 4. The Bertz CT molecular complexity index is 527. The van der Waals surface area contributed by atoms with Gasteiger partial charge in [-0.2, -0.15) is 0 Å². The van der Waals surface area contributed by atoms with Gasteiger partial charge in [0.1, 0.15) is 5.82 Å². The van der Waals surface area contributed by atoms with Gasteiger partial charge in [-0.05, 0) is 31.7 Å². The Labute approximate surface area is 114 Å². The van der Waals surface area contributed by atoms with Crippen molar-refractivity contribution in [2.24, 2.45) is 5.92 Å². The molecule has 20 heavy (non-hydrogen) atoms. The normalized spacial score (nSPS) is 22.2. The SMILES string of the molecule is O=C(O)C1CCC(Nc2cc(F)cc([N+](=O)[O-])c2)CC1. The maximum absolute atomic E-state index is 13.3. The molecule has 0 saturated heterocycles. The first-order chi connectivity index (χ1) is 9.45. The first kappa shape index (κ1) is 14.2. The molecule has 0 bridgehead atoms. The van der Waals surface area contributed by atoms with Crippen LogP contribution >= 0.6 is 0 Å². The second-order valence-corrected chi connectivity index (χ2v) is 4.99. The van der Waals surface area contributed by atoms with Crippen molar-refractivity contribution in [3.8, 4) is 0 Å². The van der Waals surface area contributed by atoms with Crippen molar-refractivity contribution >= 4 is 17.3 Å². The molecule has 1 aliphatic carbocycles. The molecule has 1 saturated carbocycles. The molecule has 0 aromatic heterocycles. The number of nitro benzene ring substituents is 1. The number of carboxylic acids is 1. The lowest BCUT2D eigenvalue weighted by molar-refractivity contribution is -0.385. The van der Waals surface area contributed by atoms with Crippen LogP contribution in [0.3, 0.4) is 0 Å². The van der Waals surface area contributed by atoms with E-state index >= 15 is 0 Å². The van der Waals surface area contributed by atoms with Crippen molar-refractivity contribution in [3.05, 3.63) is 34.1 Å². The number of hydrogen-bond donors (Lipinski definition) is 2. The summed E-state index contributed by atoms with van der Waals surface area (Å²) in [6.07, 6.45) is 2.43. The molecule has 6 nitrogen and oxygen atoms in total. The number of nitrogens with zero attached hydrogens (tertiary/aromatic N) is 1. The molecule has 2 rings (SSSR count). The van der Waals surface area contributed by atoms with E-state index in [1.807, 2.05) is 0 Å². The van der Waals surface area contributed by atoms with Crippen molar-refractivity contribution in [3.63, 3.8) is 0 Å². The molecule has 0 unspecified atom stereocenters. The fraction of sp³-hybridized carbons (Fsp3) is 0.462. The monoisotopic (exact) mass is 282 g/mol. The van der Waals surface area contributed by atoms with Crippen molar-refractivity contribution in [1.82, 2.24) is 0 Å². The topological polar surface area (TPSA) is 92.5 Å². The summed E-state index contributed by atoms with van der Waals surface area (Å²) < 4.78 is 13.3. The third-order valence-corrected chi connectivity index (χ3v) is 3.54. The highest BCUT2D eigenvalue weighted by Crippen LogP contribution is 2.28. The third-order valence-electron chi connectivity index (χ3n) is 3.54. The van der Waals surface area contributed by atoms with Crippen LogP contribution in [0, 0.1) is 21.8 Å². The van der Waals surface area contributed by atoms with Gasteiger partial charge in [0, 0.05) is 17.8 Å². The van der Waals surface area contributed by atoms with E-state index in [9.17, 15) is 19.3 Å². The largest absolute Gasteiger partial charge is 0.481 e. The van der Waals surface area contributed by atoms with Crippen LogP contribution in [-0.4, -0.2) is 22.0 Å². The Morgan fingerprint density at radius 1 is 1.30 bits per heavy atom. The maximum atomic E-state index is 13.3. The lowest BCUT2D eigenvalue weighted by Gasteiger charge is -2.27. The molecule has 7 heteroatoms. The number of nitro groups is 1. The number of nitrogens with one attached hydrogen (secondary N) is 1. The first-order valence-corrected chi connectivity index (χ1v) is 6.40. The average molecular weight is 282 g/mol. The third kappa shape index (κ3) is 3.43. The number of rotatable bonds is 4. The molecule has 108 valence electrons. The summed E-state index contributed by atoms with van der Waals surface area (Å²) in [5.41, 5.74) is 0.0576. The highest BCUT2D eigenvalue weighted by Gasteiger charge is 2.26. The Kier molecular flexibility index (Phi) is 4.16. The number of halogens is 1. The predicted molar refractivity (Wildman–Crippen MR) is 70.1 cm³/mol. The molecule has 0 atom stereocenters. The van der Waals surface area contributed by atoms with Gasteiger partial charge in [0.05, 0.1) is 16.9 Å². The van der Waals surface area contributed by atoms with Crippen molar-refractivity contribution in [2.45, 2.75) is 31.7 Å². The standard InChI is InChI=1S/C13H15FN2O4/c14-9-5-11(7-12(6-9)16(19)20)15-10-3-1-8(2-4-10)13(17)18/h5-8,10,15H,1-4H2,(H,17,18). The zero-order valence-electron chi connectivity index (χ0n) is 10.7. The minimum Gasteiger partial charge on any atom is -0.481 e. The molecule has 0 radical (unpaired) electrons. The van der Waals surface area contributed by atoms with Crippen LogP contribution in [0.4, 0.5) is 15.8 Å². The molecule has 1 aromatic carbocycles. The summed E-state index contributed by atoms with van der Waals surface area (Å²) >= 11 is 0. The smallest absolute Gasteiger partial charge is 0.306 e. The number of carboxylic acid groups (broad SMARTS) is 1. The highest BCUT2D eigenvalue weighted by atomic mass is 19.1. The van der Waals surface area contributed by atoms with Crippen LogP contribution in [-0.2, 0) is 4.79 Å². The van der Waals surface area contributed by atoms with Gasteiger partial charge in [-0.25, -0.2) is 4.39 Å². The van der Waals surface area contributed by atoms with Crippen LogP contribution in [0.15, 0.2) is 18.2 Å². The van der Waals surface area contributed by atoms with E-state index in [0.29, 0.717) is 31.4 Å². The van der Waals surface area contributed by atoms with Gasteiger partial charge in [0.2, 0.25) is 0 Å². The van der Waals surface area contributed by atoms with Gasteiger partial charge in [0.25, 0.3) is 5.69 Å². The van der Waals surface area contributed by atoms with Crippen molar-refractivity contribution in [1.29, 1.82) is 0 Å². The zero-order valence-corrected chi connectivity index (χ0v) is 10.7. The van der Waals surface area contributed by atoms with Gasteiger partial charge in [-0.3, -0.25) is 14.9 Å². The Morgan fingerprint density at radius 2 is 1.95 bits per heavy atom. The number of non-ortho nitro benzene ring substituents is 1. The Balaban J connectivity index is 2.01. The minimum absolute atomic E-state index is 0.0204. The molecule has 2 N–H and O–H groups in total. The van der Waals surface area contributed by atoms with Crippen LogP contribution in [0.1, 0.15) is 25.7 Å². The number of anilines is 1. The van der Waals surface area contributed by atoms with E-state index < -0.39 is 16.7 Å². The zero-order chi connectivity index (χ0) is 14.7. The van der Waals surface area contributed by atoms with Crippen LogP contribution < -0.4 is 5.32 Å². The van der Waals surface area contributed by atoms with Gasteiger partial charge in [-0.15, -0.1) is 0 Å². The predicted octanol–water partition coefficient (Wildman–Crippen LogP) is 2.79. The molecule has 1 fully saturated rings. The van der Waals surface area contributed by atoms with Crippen LogP contribution in [0.5, 0.6) is 0 Å². The lowest BCUT2D eigenvalue weighted by atomic mass is 9.86. The van der Waals surface area contributed by atoms with E-state index in [2.05, 4.69) is 5.32 Å². The summed E-state index contributed by atoms with van der Waals surface area (Å²) in [4.78, 5) is 20.9. The average Bonchev–Trinajstić information content (AvgIpc) is 2.38. The molecule has 1 aromatic rings. The molecule has 0 aliphatic heterocycles. The molecule has 0 spiro atoms. The highest BCUT2D eigenvalue weighted by molar-refractivity contribution is 5.70. The van der Waals surface area contributed by atoms with Crippen molar-refractivity contribution < 1.29 is 19.2 Å². The quantitative estimate of drug-likeness (QED) is 0.654. The van der Waals surface area contributed by atoms with Gasteiger partial charge in [0.15, 0.2) is 0 Å². The summed E-state index contributed by atoms with van der Waals surface area (Å²) in [5.74, 6) is -1.78. The number of benzene rings is 1. The fourth-order valence-electron chi connectivity index (χ4n) is 2.48. The minimum atomic E-state index is -0.787. The van der Waals surface area contributed by atoms with Gasteiger partial charge < -0.3 is 10.4 Å². The first-order valence-electron chi connectivity index (χ1n) is 6.40. The maximum Gasteiger partial charge on any atom is 0.306 e. The lowest BCUT2D eigenvalue weighted by Crippen LogP contribution is -2.29. The van der Waals surface area contributed by atoms with Crippen molar-refractivity contribution in [2.75, 3.05) is 5.32 Å². The fourth-order valence-corrected chi connectivity index (χ4v) is 2.48. The van der Waals surface area contributed by atoms with Gasteiger partial charge >= 0.3 is 5.97 Å². The van der Waals surface area contributed by atoms with E-state index in [-0.39, 0.29) is 17.6 Å². The van der Waals surface area contributed by atoms with Crippen LogP contribution in [0.2, 0.25) is 0 Å². The molecular weight excluding hydrogens is 267 g/mol. The Hall–Kier alpha value is -2.18. The Morgan fingerprint density at radius 3 is 2.50 bits per heavy atom. The molecule has 0 heterocycles. The molecule has 0 amide bonds. The number of aliphatic carboxylic acids is 1. The second-order valence-electron chi connectivity index (χ2n) is 4.99. The summed E-state index contributed by atoms with van der Waals surface area (Å²) in [7, 11) is 0. The molecule has 1 aliphatic rings. The van der Waals surface area contributed by atoms with E-state index in [1.54, 1.807) is 0 Å². The number of carbonyl (C=O) groups is 1. The van der Waals surface area contributed by atoms with Gasteiger partial charge in [-0.1, -0.05) is 0 Å². The van der Waals surface area contributed by atoms with Crippen LogP contribution in [0.25, 0.3) is 0 Å².